The van der Waals surface area contributed by atoms with Crippen molar-refractivity contribution >= 4 is 33.8 Å². The lowest BCUT2D eigenvalue weighted by molar-refractivity contribution is 0.895. The van der Waals surface area contributed by atoms with Crippen molar-refractivity contribution < 1.29 is 0 Å². The Morgan fingerprint density at radius 1 is 0.867 bits per heavy atom. The van der Waals surface area contributed by atoms with Gasteiger partial charge in [0.25, 0.3) is 0 Å². The standard InChI is InChI=1S/C24H18N6/c1-2-6-19(7-3-1)30-24-21(14-28-30)23(25-15-26-24)29-27-13-18-12-11-17-10-9-16-5-4-8-20(18)22(16)17/h1-8,11-15H,9-10H2,(H,25,26,29). The van der Waals surface area contributed by atoms with Gasteiger partial charge < -0.3 is 0 Å². The van der Waals surface area contributed by atoms with Gasteiger partial charge >= 0.3 is 0 Å². The van der Waals surface area contributed by atoms with Crippen LogP contribution in [-0.4, -0.2) is 26.0 Å². The van der Waals surface area contributed by atoms with Crippen molar-refractivity contribution in [2.45, 2.75) is 12.8 Å². The molecule has 30 heavy (non-hydrogen) atoms. The van der Waals surface area contributed by atoms with Crippen molar-refractivity contribution in [1.82, 2.24) is 19.7 Å². The monoisotopic (exact) mass is 390 g/mol. The van der Waals surface area contributed by atoms with Gasteiger partial charge in [0.1, 0.15) is 6.33 Å². The average Bonchev–Trinajstić information content (AvgIpc) is 3.42. The molecule has 0 spiro atoms. The summed E-state index contributed by atoms with van der Waals surface area (Å²) in [6, 6.07) is 20.8. The first kappa shape index (κ1) is 16.9. The Balaban J connectivity index is 1.34. The third-order valence-corrected chi connectivity index (χ3v) is 5.65. The Labute approximate surface area is 172 Å². The molecular weight excluding hydrogens is 372 g/mol. The van der Waals surface area contributed by atoms with E-state index in [1.54, 1.807) is 10.9 Å². The summed E-state index contributed by atoms with van der Waals surface area (Å²) in [5, 5.41) is 12.4. The first-order chi connectivity index (χ1) is 14.9. The molecule has 2 heterocycles. The van der Waals surface area contributed by atoms with E-state index < -0.39 is 0 Å². The maximum atomic E-state index is 4.48. The highest BCUT2D eigenvalue weighted by Crippen LogP contribution is 2.32. The summed E-state index contributed by atoms with van der Waals surface area (Å²) >= 11 is 0. The third kappa shape index (κ3) is 2.65. The number of nitrogens with one attached hydrogen (secondary N) is 1. The number of fused-ring (bicyclic) bond motifs is 1. The summed E-state index contributed by atoms with van der Waals surface area (Å²) < 4.78 is 1.80. The largest absolute Gasteiger partial charge is 0.261 e. The van der Waals surface area contributed by atoms with Crippen molar-refractivity contribution in [3.8, 4) is 5.69 Å². The highest BCUT2D eigenvalue weighted by molar-refractivity contribution is 6.03. The van der Waals surface area contributed by atoms with Gasteiger partial charge in [-0.15, -0.1) is 0 Å². The van der Waals surface area contributed by atoms with Crippen molar-refractivity contribution in [2.75, 3.05) is 5.43 Å². The summed E-state index contributed by atoms with van der Waals surface area (Å²) in [6.45, 7) is 0. The lowest BCUT2D eigenvalue weighted by Gasteiger charge is -2.06. The molecule has 5 aromatic rings. The second-order valence-corrected chi connectivity index (χ2v) is 7.38. The van der Waals surface area contributed by atoms with Crippen LogP contribution in [0.15, 0.2) is 78.3 Å². The van der Waals surface area contributed by atoms with Crippen LogP contribution in [0.1, 0.15) is 16.7 Å². The number of hydrogen-bond donors (Lipinski definition) is 1. The van der Waals surface area contributed by atoms with Gasteiger partial charge in [-0.3, -0.25) is 5.43 Å². The first-order valence-electron chi connectivity index (χ1n) is 9.95. The molecule has 0 fully saturated rings. The normalized spacial score (nSPS) is 12.9. The Morgan fingerprint density at radius 3 is 2.63 bits per heavy atom. The Morgan fingerprint density at radius 2 is 1.73 bits per heavy atom. The van der Waals surface area contributed by atoms with E-state index in [4.69, 9.17) is 0 Å². The second-order valence-electron chi connectivity index (χ2n) is 7.38. The zero-order valence-electron chi connectivity index (χ0n) is 16.2. The number of benzene rings is 3. The van der Waals surface area contributed by atoms with Crippen LogP contribution in [0, 0.1) is 0 Å². The van der Waals surface area contributed by atoms with Gasteiger partial charge in [0.2, 0.25) is 0 Å². The van der Waals surface area contributed by atoms with Crippen molar-refractivity contribution in [3.63, 3.8) is 0 Å². The van der Waals surface area contributed by atoms with Crippen LogP contribution in [0.4, 0.5) is 5.82 Å². The number of nitrogens with zero attached hydrogens (tertiary/aromatic N) is 5. The summed E-state index contributed by atoms with van der Waals surface area (Å²) in [7, 11) is 0. The maximum Gasteiger partial charge on any atom is 0.168 e. The smallest absolute Gasteiger partial charge is 0.168 e. The molecule has 0 bridgehead atoms. The predicted octanol–water partition coefficient (Wildman–Crippen LogP) is 4.51. The fourth-order valence-corrected chi connectivity index (χ4v) is 4.24. The molecular formula is C24H18N6. The lowest BCUT2D eigenvalue weighted by Crippen LogP contribution is -1.99. The fourth-order valence-electron chi connectivity index (χ4n) is 4.24. The van der Waals surface area contributed by atoms with Crippen molar-refractivity contribution in [3.05, 3.63) is 89.9 Å². The van der Waals surface area contributed by atoms with Gasteiger partial charge in [-0.1, -0.05) is 48.5 Å². The van der Waals surface area contributed by atoms with Gasteiger partial charge in [0, 0.05) is 5.56 Å². The van der Waals surface area contributed by atoms with E-state index in [-0.39, 0.29) is 0 Å². The lowest BCUT2D eigenvalue weighted by atomic mass is 10.0. The molecule has 6 nitrogen and oxygen atoms in total. The second kappa shape index (κ2) is 6.77. The number of anilines is 1. The average molecular weight is 390 g/mol. The number of rotatable bonds is 4. The minimum Gasteiger partial charge on any atom is -0.261 e. The fraction of sp³-hybridized carbons (Fsp3) is 0.0833. The van der Waals surface area contributed by atoms with Crippen LogP contribution in [-0.2, 0) is 12.8 Å². The van der Waals surface area contributed by atoms with Crippen molar-refractivity contribution in [1.29, 1.82) is 0 Å². The van der Waals surface area contributed by atoms with E-state index in [1.165, 1.54) is 28.2 Å². The molecule has 0 radical (unpaired) electrons. The first-order valence-corrected chi connectivity index (χ1v) is 9.95. The third-order valence-electron chi connectivity index (χ3n) is 5.65. The van der Waals surface area contributed by atoms with E-state index in [0.717, 1.165) is 35.1 Å². The molecule has 0 saturated carbocycles. The van der Waals surface area contributed by atoms with E-state index in [2.05, 4.69) is 55.9 Å². The summed E-state index contributed by atoms with van der Waals surface area (Å²) in [6.07, 6.45) is 7.39. The van der Waals surface area contributed by atoms with E-state index in [1.807, 2.05) is 36.5 Å². The Kier molecular flexibility index (Phi) is 3.81. The van der Waals surface area contributed by atoms with Gasteiger partial charge in [0.05, 0.1) is 23.5 Å². The molecule has 0 atom stereocenters. The molecule has 1 aliphatic carbocycles. The van der Waals surface area contributed by atoms with Crippen LogP contribution in [0.5, 0.6) is 0 Å². The topological polar surface area (TPSA) is 68.0 Å². The SMILES string of the molecule is C(=NNc1ncnc2c1cnn2-c1ccccc1)c1ccc2c3c(cccc13)CC2. The Hall–Kier alpha value is -4.06. The number of para-hydroxylation sites is 1. The number of hydrazone groups is 1. The molecule has 1 aliphatic rings. The predicted molar refractivity (Wildman–Crippen MR) is 119 cm³/mol. The molecule has 3 aromatic carbocycles. The zero-order valence-corrected chi connectivity index (χ0v) is 16.2. The van der Waals surface area contributed by atoms with Crippen LogP contribution >= 0.6 is 0 Å². The van der Waals surface area contributed by atoms with Crippen LogP contribution in [0.2, 0.25) is 0 Å². The van der Waals surface area contributed by atoms with Gasteiger partial charge in [0.15, 0.2) is 11.5 Å². The van der Waals surface area contributed by atoms with E-state index in [9.17, 15) is 0 Å². The highest BCUT2D eigenvalue weighted by Gasteiger charge is 2.15. The van der Waals surface area contributed by atoms with E-state index >= 15 is 0 Å². The van der Waals surface area contributed by atoms with Crippen LogP contribution in [0.3, 0.4) is 0 Å². The van der Waals surface area contributed by atoms with Gasteiger partial charge in [-0.25, -0.2) is 14.6 Å². The molecule has 6 rings (SSSR count). The molecule has 0 saturated heterocycles. The summed E-state index contributed by atoms with van der Waals surface area (Å²) in [4.78, 5) is 8.77. The van der Waals surface area contributed by atoms with Crippen LogP contribution < -0.4 is 5.43 Å². The Bertz CT molecular complexity index is 1410. The molecule has 1 N–H and O–H groups in total. The van der Waals surface area contributed by atoms with Crippen molar-refractivity contribution in [2.24, 2.45) is 5.10 Å². The molecule has 0 unspecified atom stereocenters. The summed E-state index contributed by atoms with van der Waals surface area (Å²) in [5.41, 5.74) is 8.71. The highest BCUT2D eigenvalue weighted by atomic mass is 15.3. The maximum absolute atomic E-state index is 4.48. The molecule has 144 valence electrons. The van der Waals surface area contributed by atoms with Crippen LogP contribution in [0.25, 0.3) is 27.5 Å². The zero-order chi connectivity index (χ0) is 19.9. The quantitative estimate of drug-likeness (QED) is 0.362. The molecule has 0 amide bonds. The minimum atomic E-state index is 0.629. The number of hydrogen-bond acceptors (Lipinski definition) is 5. The minimum absolute atomic E-state index is 0.629. The summed E-state index contributed by atoms with van der Waals surface area (Å²) in [5.74, 6) is 0.629. The number of aryl methyl sites for hydroxylation is 2. The molecule has 2 aromatic heterocycles. The molecule has 6 heteroatoms. The molecule has 0 aliphatic heterocycles. The van der Waals surface area contributed by atoms with E-state index in [0.29, 0.717) is 5.82 Å². The van der Waals surface area contributed by atoms with Gasteiger partial charge in [-0.2, -0.15) is 10.2 Å². The number of aromatic nitrogens is 4. The van der Waals surface area contributed by atoms with Gasteiger partial charge in [-0.05, 0) is 46.9 Å².